The zero-order valence-electron chi connectivity index (χ0n) is 30.7. The van der Waals surface area contributed by atoms with Crippen LogP contribution in [0.2, 0.25) is 0 Å². The van der Waals surface area contributed by atoms with Gasteiger partial charge in [-0.3, -0.25) is 0 Å². The molecule has 58 heavy (non-hydrogen) atoms. The van der Waals surface area contributed by atoms with E-state index < -0.39 is 0 Å². The first-order valence-electron chi connectivity index (χ1n) is 18.4. The molecular weight excluding hydrogens is 713 g/mol. The van der Waals surface area contributed by atoms with Crippen LogP contribution in [0.25, 0.3) is 61.4 Å². The molecule has 0 spiro atoms. The van der Waals surface area contributed by atoms with E-state index in [0.29, 0.717) is 44.9 Å². The topological polar surface area (TPSA) is 129 Å². The molecule has 0 atom stereocenters. The van der Waals surface area contributed by atoms with Gasteiger partial charge in [-0.1, -0.05) is 84.9 Å². The number of para-hydroxylation sites is 3. The molecule has 268 valence electrons. The maximum Gasteiger partial charge on any atom is 0.161 e. The number of benzene rings is 7. The van der Waals surface area contributed by atoms with Crippen molar-refractivity contribution in [3.8, 4) is 63.9 Å². The van der Waals surface area contributed by atoms with Crippen molar-refractivity contribution in [2.75, 3.05) is 4.90 Å². The second kappa shape index (κ2) is 14.8. The largest absolute Gasteiger partial charge is 0.310 e. The van der Waals surface area contributed by atoms with Gasteiger partial charge in [0.25, 0.3) is 0 Å². The third-order valence-corrected chi connectivity index (χ3v) is 10.2. The molecule has 8 heteroatoms. The van der Waals surface area contributed by atoms with Gasteiger partial charge in [-0.05, 0) is 84.9 Å². The number of aromatic nitrogens is 3. The van der Waals surface area contributed by atoms with Crippen LogP contribution in [-0.2, 0) is 0 Å². The van der Waals surface area contributed by atoms with E-state index in [1.807, 2.05) is 60.7 Å². The summed E-state index contributed by atoms with van der Waals surface area (Å²) in [6, 6.07) is 63.4. The zero-order chi connectivity index (χ0) is 39.6. The van der Waals surface area contributed by atoms with Gasteiger partial charge in [0.2, 0.25) is 0 Å². The Bertz CT molecular complexity index is 3080. The average molecular weight is 741 g/mol. The standard InChI is InChI=1S/C50H28N8/c51-29-33-13-7-9-19-41(33)45-28-46(56-50(55-45)42-20-10-8-14-34(42)30-52)49-35(31-53)25-40(26-36(49)32-54)58-47-22-12-11-21-43(47)44-27-39(23-24-48(44)58)57(37-15-3-1-4-16-37)38-17-5-2-6-18-38/h1-28H. The Kier molecular flexibility index (Phi) is 8.90. The Hall–Kier alpha value is -8.82. The molecule has 2 aromatic heterocycles. The van der Waals surface area contributed by atoms with Crippen LogP contribution in [-0.4, -0.2) is 14.5 Å². The van der Waals surface area contributed by atoms with E-state index in [2.05, 4.69) is 82.3 Å². The average Bonchev–Trinajstić information content (AvgIpc) is 3.62. The Balaban J connectivity index is 1.26. The summed E-state index contributed by atoms with van der Waals surface area (Å²) in [7, 11) is 0. The van der Waals surface area contributed by atoms with Gasteiger partial charge >= 0.3 is 0 Å². The van der Waals surface area contributed by atoms with Crippen LogP contribution >= 0.6 is 0 Å². The summed E-state index contributed by atoms with van der Waals surface area (Å²) < 4.78 is 2.08. The molecule has 0 aliphatic rings. The van der Waals surface area contributed by atoms with Crippen molar-refractivity contribution >= 4 is 38.9 Å². The number of rotatable bonds is 7. The molecule has 0 amide bonds. The highest BCUT2D eigenvalue weighted by Crippen LogP contribution is 2.41. The van der Waals surface area contributed by atoms with Gasteiger partial charge < -0.3 is 9.47 Å². The molecule has 0 saturated carbocycles. The van der Waals surface area contributed by atoms with Gasteiger partial charge in [-0.25, -0.2) is 9.97 Å². The van der Waals surface area contributed by atoms with E-state index in [1.54, 1.807) is 60.7 Å². The van der Waals surface area contributed by atoms with Gasteiger partial charge in [-0.15, -0.1) is 0 Å². The van der Waals surface area contributed by atoms with Crippen LogP contribution in [0.4, 0.5) is 17.1 Å². The highest BCUT2D eigenvalue weighted by molar-refractivity contribution is 6.11. The van der Waals surface area contributed by atoms with Crippen molar-refractivity contribution in [3.05, 3.63) is 192 Å². The van der Waals surface area contributed by atoms with Gasteiger partial charge in [-0.2, -0.15) is 21.0 Å². The smallest absolute Gasteiger partial charge is 0.161 e. The van der Waals surface area contributed by atoms with E-state index in [0.717, 1.165) is 38.9 Å². The quantitative estimate of drug-likeness (QED) is 0.159. The lowest BCUT2D eigenvalue weighted by molar-refractivity contribution is 1.16. The molecule has 0 radical (unpaired) electrons. The molecule has 0 N–H and O–H groups in total. The summed E-state index contributed by atoms with van der Waals surface area (Å²) in [4.78, 5) is 11.9. The summed E-state index contributed by atoms with van der Waals surface area (Å²) in [6.45, 7) is 0. The predicted molar refractivity (Wildman–Crippen MR) is 226 cm³/mol. The summed E-state index contributed by atoms with van der Waals surface area (Å²) in [5.41, 5.74) is 8.79. The van der Waals surface area contributed by atoms with Crippen molar-refractivity contribution in [1.82, 2.24) is 14.5 Å². The van der Waals surface area contributed by atoms with E-state index >= 15 is 0 Å². The second-order valence-corrected chi connectivity index (χ2v) is 13.5. The first-order valence-corrected chi connectivity index (χ1v) is 18.4. The molecule has 7 aromatic carbocycles. The first-order chi connectivity index (χ1) is 28.6. The fourth-order valence-electron chi connectivity index (χ4n) is 7.60. The number of hydrogen-bond acceptors (Lipinski definition) is 7. The van der Waals surface area contributed by atoms with E-state index in [4.69, 9.17) is 9.97 Å². The zero-order valence-corrected chi connectivity index (χ0v) is 30.7. The third kappa shape index (κ3) is 6.03. The summed E-state index contributed by atoms with van der Waals surface area (Å²) in [5, 5.41) is 43.6. The molecule has 0 aliphatic heterocycles. The van der Waals surface area contributed by atoms with Crippen LogP contribution < -0.4 is 4.90 Å². The highest BCUT2D eigenvalue weighted by atomic mass is 15.1. The molecule has 9 aromatic rings. The maximum absolute atomic E-state index is 10.8. The minimum Gasteiger partial charge on any atom is -0.310 e. The minimum atomic E-state index is 0.229. The summed E-state index contributed by atoms with van der Waals surface area (Å²) >= 11 is 0. The fraction of sp³-hybridized carbons (Fsp3) is 0. The highest BCUT2D eigenvalue weighted by Gasteiger charge is 2.23. The van der Waals surface area contributed by atoms with Crippen LogP contribution in [0.1, 0.15) is 22.3 Å². The van der Waals surface area contributed by atoms with Crippen LogP contribution in [0.5, 0.6) is 0 Å². The van der Waals surface area contributed by atoms with E-state index in [9.17, 15) is 21.0 Å². The van der Waals surface area contributed by atoms with Crippen molar-refractivity contribution in [1.29, 1.82) is 21.0 Å². The SMILES string of the molecule is N#Cc1ccccc1-c1cc(-c2c(C#N)cc(-n3c4ccccc4c4cc(N(c5ccccc5)c5ccccc5)ccc43)cc2C#N)nc(-c2ccccc2C#N)n1. The Morgan fingerprint density at radius 1 is 0.414 bits per heavy atom. The number of fused-ring (bicyclic) bond motifs is 3. The molecule has 0 fully saturated rings. The Morgan fingerprint density at radius 2 is 0.931 bits per heavy atom. The molecular formula is C50H28N8. The molecule has 9 rings (SSSR count). The van der Waals surface area contributed by atoms with Crippen molar-refractivity contribution in [2.45, 2.75) is 0 Å². The molecule has 0 unspecified atom stereocenters. The normalized spacial score (nSPS) is 10.7. The lowest BCUT2D eigenvalue weighted by atomic mass is 9.95. The lowest BCUT2D eigenvalue weighted by Crippen LogP contribution is -2.09. The summed E-state index contributed by atoms with van der Waals surface area (Å²) in [5.74, 6) is 0.229. The van der Waals surface area contributed by atoms with Gasteiger partial charge in [0.1, 0.15) is 0 Å². The minimum absolute atomic E-state index is 0.229. The van der Waals surface area contributed by atoms with Gasteiger partial charge in [0.05, 0.1) is 69.0 Å². The number of anilines is 3. The molecule has 0 aliphatic carbocycles. The summed E-state index contributed by atoms with van der Waals surface area (Å²) in [6.07, 6.45) is 0. The van der Waals surface area contributed by atoms with Crippen LogP contribution in [0.3, 0.4) is 0 Å². The Labute approximate surface area is 334 Å². The second-order valence-electron chi connectivity index (χ2n) is 13.5. The number of nitriles is 4. The maximum atomic E-state index is 10.8. The first kappa shape index (κ1) is 34.9. The lowest BCUT2D eigenvalue weighted by Gasteiger charge is -2.25. The van der Waals surface area contributed by atoms with Crippen molar-refractivity contribution < 1.29 is 0 Å². The number of nitrogens with zero attached hydrogens (tertiary/aromatic N) is 8. The third-order valence-electron chi connectivity index (χ3n) is 10.2. The molecule has 0 bridgehead atoms. The van der Waals surface area contributed by atoms with E-state index in [1.165, 1.54) is 0 Å². The van der Waals surface area contributed by atoms with E-state index in [-0.39, 0.29) is 17.0 Å². The van der Waals surface area contributed by atoms with Crippen molar-refractivity contribution in [3.63, 3.8) is 0 Å². The fourth-order valence-corrected chi connectivity index (χ4v) is 7.60. The predicted octanol–water partition coefficient (Wildman–Crippen LogP) is 11.5. The van der Waals surface area contributed by atoms with Crippen molar-refractivity contribution in [2.24, 2.45) is 0 Å². The van der Waals surface area contributed by atoms with Gasteiger partial charge in [0, 0.05) is 50.2 Å². The number of hydrogen-bond donors (Lipinski definition) is 0. The van der Waals surface area contributed by atoms with Crippen LogP contribution in [0, 0.1) is 45.3 Å². The molecule has 0 saturated heterocycles. The van der Waals surface area contributed by atoms with Crippen LogP contribution in [0.15, 0.2) is 170 Å². The van der Waals surface area contributed by atoms with Gasteiger partial charge in [0.15, 0.2) is 5.82 Å². The molecule has 8 nitrogen and oxygen atoms in total. The monoisotopic (exact) mass is 740 g/mol. The Morgan fingerprint density at radius 3 is 1.57 bits per heavy atom. The molecule has 2 heterocycles.